The molecule has 0 aliphatic carbocycles. The molecule has 0 aliphatic heterocycles. The van der Waals surface area contributed by atoms with Crippen LogP contribution in [0.25, 0.3) is 0 Å². The van der Waals surface area contributed by atoms with E-state index in [1.165, 1.54) is 0 Å². The Hall–Kier alpha value is -1.74. The van der Waals surface area contributed by atoms with E-state index in [1.54, 1.807) is 36.3 Å². The Kier molecular flexibility index (Phi) is 12.6. The average Bonchev–Trinajstić information content (AvgIpc) is 3.16. The number of H-pyrrole nitrogens is 1. The molecule has 2 aromatic rings. The van der Waals surface area contributed by atoms with Gasteiger partial charge in [-0.3, -0.25) is 4.79 Å². The zero-order valence-corrected chi connectivity index (χ0v) is 18.1. The van der Waals surface area contributed by atoms with Crippen LogP contribution in [0.4, 0.5) is 0 Å². The van der Waals surface area contributed by atoms with Gasteiger partial charge in [0.05, 0.1) is 12.0 Å². The number of imidazole rings is 1. The molecule has 10 heteroatoms. The number of aromatic nitrogens is 2. The molecule has 1 aromatic heterocycles. The van der Waals surface area contributed by atoms with Crippen LogP contribution in [0.3, 0.4) is 0 Å². The smallest absolute Gasteiger partial charge is 0.326 e. The summed E-state index contributed by atoms with van der Waals surface area (Å²) in [6.45, 7) is 0. The zero-order chi connectivity index (χ0) is 18.9. The number of halogens is 2. The molecule has 0 spiro atoms. The third kappa shape index (κ3) is 7.71. The van der Waals surface area contributed by atoms with Crippen molar-refractivity contribution in [2.24, 2.45) is 0 Å². The number of carboxylic acid groups (broad SMARTS) is 1. The number of carboxylic acids is 1. The molecule has 0 radical (unpaired) electrons. The second kappa shape index (κ2) is 13.4. The summed E-state index contributed by atoms with van der Waals surface area (Å²) in [5.41, 5.74) is 2.31. The topological polar surface area (TPSA) is 107 Å². The van der Waals surface area contributed by atoms with E-state index in [-0.39, 0.29) is 36.8 Å². The molecule has 1 heterocycles. The highest BCUT2D eigenvalue weighted by atomic mass is 35.5. The predicted molar refractivity (Wildman–Crippen MR) is 117 cm³/mol. The van der Waals surface area contributed by atoms with Gasteiger partial charge in [0.2, 0.25) is 0 Å². The third-order valence-corrected chi connectivity index (χ3v) is 4.73. The fourth-order valence-electron chi connectivity index (χ4n) is 2.63. The summed E-state index contributed by atoms with van der Waals surface area (Å²) in [7, 11) is 1.85. The lowest BCUT2D eigenvalue weighted by Crippen LogP contribution is -2.41. The van der Waals surface area contributed by atoms with Gasteiger partial charge in [-0.2, -0.15) is 11.8 Å². The maximum absolute atomic E-state index is 12.5. The second-order valence-electron chi connectivity index (χ2n) is 5.88. The fourth-order valence-corrected chi connectivity index (χ4v) is 3.10. The molecule has 1 unspecified atom stereocenters. The number of nitrogens with zero attached hydrogens (tertiary/aromatic N) is 1. The maximum Gasteiger partial charge on any atom is 0.326 e. The van der Waals surface area contributed by atoms with Crippen LogP contribution in [0.1, 0.15) is 34.1 Å². The molecule has 156 valence electrons. The lowest BCUT2D eigenvalue weighted by Gasteiger charge is -2.17. The van der Waals surface area contributed by atoms with Gasteiger partial charge in [-0.15, -0.1) is 24.8 Å². The van der Waals surface area contributed by atoms with Gasteiger partial charge < -0.3 is 20.7 Å². The number of amides is 1. The first kappa shape index (κ1) is 26.3. The average molecular weight is 449 g/mol. The molecule has 7 nitrogen and oxygen atoms in total. The van der Waals surface area contributed by atoms with Gasteiger partial charge >= 0.3 is 5.97 Å². The van der Waals surface area contributed by atoms with Gasteiger partial charge in [0, 0.05) is 24.2 Å². The van der Waals surface area contributed by atoms with E-state index < -0.39 is 12.0 Å². The van der Waals surface area contributed by atoms with Crippen molar-refractivity contribution in [3.05, 3.63) is 53.6 Å². The normalized spacial score (nSPS) is 12.2. The first-order valence-corrected chi connectivity index (χ1v) is 9.72. The molecule has 0 saturated heterocycles. The number of carbonyl (C=O) groups excluding carboxylic acids is 1. The quantitative estimate of drug-likeness (QED) is 0.444. The van der Waals surface area contributed by atoms with Crippen LogP contribution < -0.4 is 10.6 Å². The summed E-state index contributed by atoms with van der Waals surface area (Å²) in [6.07, 6.45) is 6.44. The molecule has 4 N–H and O–H groups in total. The summed E-state index contributed by atoms with van der Waals surface area (Å²) in [6, 6.07) is 6.33. The third-order valence-electron chi connectivity index (χ3n) is 4.08. The van der Waals surface area contributed by atoms with Crippen LogP contribution in [-0.4, -0.2) is 52.0 Å². The van der Waals surface area contributed by atoms with Gasteiger partial charge in [0.25, 0.3) is 5.91 Å². The van der Waals surface area contributed by atoms with Crippen LogP contribution in [0.2, 0.25) is 0 Å². The van der Waals surface area contributed by atoms with E-state index in [1.807, 2.05) is 25.6 Å². The zero-order valence-electron chi connectivity index (χ0n) is 15.7. The van der Waals surface area contributed by atoms with Gasteiger partial charge in [0.15, 0.2) is 0 Å². The van der Waals surface area contributed by atoms with E-state index in [9.17, 15) is 14.7 Å². The van der Waals surface area contributed by atoms with Gasteiger partial charge in [-0.05, 0) is 43.2 Å². The van der Waals surface area contributed by atoms with E-state index in [2.05, 4.69) is 20.6 Å². The minimum atomic E-state index is -1.02. The standard InChI is InChI=1S/C18H24N4O3S.2ClH/c1-19-16(9-14-10-20-11-21-14)12-4-3-5-13(8-12)17(23)22-15(18(24)25)6-7-26-2;;/h3-5,8,10-11,15-16,19H,6-7,9H2,1-2H3,(H,20,21)(H,22,23)(H,24,25);2*1H/t15-,16?;;/m0../s1. The molecule has 0 saturated carbocycles. The molecule has 0 fully saturated rings. The largest absolute Gasteiger partial charge is 0.480 e. The van der Waals surface area contributed by atoms with Gasteiger partial charge in [-0.25, -0.2) is 9.78 Å². The molecular formula is C18H26Cl2N4O3S. The van der Waals surface area contributed by atoms with Crippen LogP contribution >= 0.6 is 36.6 Å². The van der Waals surface area contributed by atoms with Crippen molar-refractivity contribution in [3.8, 4) is 0 Å². The number of hydrogen-bond donors (Lipinski definition) is 4. The minimum Gasteiger partial charge on any atom is -0.480 e. The van der Waals surface area contributed by atoms with Gasteiger partial charge in [0.1, 0.15) is 6.04 Å². The first-order valence-electron chi connectivity index (χ1n) is 8.32. The van der Waals surface area contributed by atoms with Crippen molar-refractivity contribution in [1.29, 1.82) is 0 Å². The number of aliphatic carboxylic acids is 1. The van der Waals surface area contributed by atoms with E-state index >= 15 is 0 Å². The molecule has 2 atom stereocenters. The van der Waals surface area contributed by atoms with E-state index in [4.69, 9.17) is 0 Å². The number of thioether (sulfide) groups is 1. The van der Waals surface area contributed by atoms with Crippen molar-refractivity contribution in [2.75, 3.05) is 19.1 Å². The Balaban J connectivity index is 0.00000364. The Morgan fingerprint density at radius 3 is 2.64 bits per heavy atom. The molecule has 28 heavy (non-hydrogen) atoms. The maximum atomic E-state index is 12.5. The summed E-state index contributed by atoms with van der Waals surface area (Å²) < 4.78 is 0. The van der Waals surface area contributed by atoms with Crippen molar-refractivity contribution < 1.29 is 14.7 Å². The lowest BCUT2D eigenvalue weighted by atomic mass is 10.00. The minimum absolute atomic E-state index is 0. The fraction of sp³-hybridized carbons (Fsp3) is 0.389. The first-order chi connectivity index (χ1) is 12.5. The second-order valence-corrected chi connectivity index (χ2v) is 6.86. The Morgan fingerprint density at radius 1 is 1.32 bits per heavy atom. The van der Waals surface area contributed by atoms with Crippen LogP contribution in [0.15, 0.2) is 36.8 Å². The van der Waals surface area contributed by atoms with E-state index in [0.29, 0.717) is 24.2 Å². The Bertz CT molecular complexity index is 731. The van der Waals surface area contributed by atoms with Crippen LogP contribution in [0, 0.1) is 0 Å². The summed E-state index contributed by atoms with van der Waals surface area (Å²) in [5, 5.41) is 15.1. The number of rotatable bonds is 10. The highest BCUT2D eigenvalue weighted by Gasteiger charge is 2.21. The van der Waals surface area contributed by atoms with Crippen molar-refractivity contribution in [1.82, 2.24) is 20.6 Å². The van der Waals surface area contributed by atoms with E-state index in [0.717, 1.165) is 11.3 Å². The molecular weight excluding hydrogens is 423 g/mol. The van der Waals surface area contributed by atoms with Crippen LogP contribution in [-0.2, 0) is 11.2 Å². The predicted octanol–water partition coefficient (Wildman–Crippen LogP) is 2.69. The lowest BCUT2D eigenvalue weighted by molar-refractivity contribution is -0.139. The van der Waals surface area contributed by atoms with Crippen LogP contribution in [0.5, 0.6) is 0 Å². The van der Waals surface area contributed by atoms with Crippen molar-refractivity contribution in [2.45, 2.75) is 24.9 Å². The SMILES string of the molecule is CNC(Cc1c[nH]cn1)c1cccc(C(=O)N[C@@H](CCSC)C(=O)O)c1.Cl.Cl. The molecule has 0 bridgehead atoms. The van der Waals surface area contributed by atoms with Crippen molar-refractivity contribution >= 4 is 48.5 Å². The summed E-state index contributed by atoms with van der Waals surface area (Å²) >= 11 is 1.55. The van der Waals surface area contributed by atoms with Crippen molar-refractivity contribution in [3.63, 3.8) is 0 Å². The number of likely N-dealkylation sites (N-methyl/N-ethyl adjacent to an activating group) is 1. The Labute approximate surface area is 181 Å². The monoisotopic (exact) mass is 448 g/mol. The summed E-state index contributed by atoms with van der Waals surface area (Å²) in [4.78, 5) is 31.0. The Morgan fingerprint density at radius 2 is 2.07 bits per heavy atom. The van der Waals surface area contributed by atoms with Gasteiger partial charge in [-0.1, -0.05) is 12.1 Å². The number of carbonyl (C=O) groups is 2. The number of aromatic amines is 1. The summed E-state index contributed by atoms with van der Waals surface area (Å²) in [5.74, 6) is -0.729. The number of nitrogens with one attached hydrogen (secondary N) is 3. The molecule has 1 amide bonds. The molecule has 2 rings (SSSR count). The molecule has 0 aliphatic rings. The number of hydrogen-bond acceptors (Lipinski definition) is 5. The highest BCUT2D eigenvalue weighted by molar-refractivity contribution is 7.98. The highest BCUT2D eigenvalue weighted by Crippen LogP contribution is 2.18. The molecule has 1 aromatic carbocycles. The number of benzene rings is 1.